The van der Waals surface area contributed by atoms with E-state index in [1.54, 1.807) is 37.4 Å². The predicted octanol–water partition coefficient (Wildman–Crippen LogP) is 2.73. The van der Waals surface area contributed by atoms with Crippen molar-refractivity contribution in [2.45, 2.75) is 25.8 Å². The lowest BCUT2D eigenvalue weighted by Gasteiger charge is -2.09. The van der Waals surface area contributed by atoms with E-state index < -0.39 is 6.04 Å². The number of anilines is 1. The van der Waals surface area contributed by atoms with E-state index in [0.717, 1.165) is 0 Å². The van der Waals surface area contributed by atoms with E-state index in [9.17, 15) is 9.59 Å². The number of benzene rings is 1. The lowest BCUT2D eigenvalue weighted by Crippen LogP contribution is -2.27. The smallest absolute Gasteiger partial charge is 0.249 e. The van der Waals surface area contributed by atoms with Crippen LogP contribution < -0.4 is 10.6 Å². The molecule has 0 spiro atoms. The third kappa shape index (κ3) is 5.21. The van der Waals surface area contributed by atoms with Crippen LogP contribution in [0.3, 0.4) is 0 Å². The second kappa shape index (κ2) is 8.70. The van der Waals surface area contributed by atoms with E-state index in [4.69, 9.17) is 4.52 Å². The fourth-order valence-electron chi connectivity index (χ4n) is 2.36. The van der Waals surface area contributed by atoms with Gasteiger partial charge in [-0.05, 0) is 31.2 Å². The lowest BCUT2D eigenvalue weighted by molar-refractivity contribution is -0.125. The Morgan fingerprint density at radius 2 is 1.78 bits per heavy atom. The van der Waals surface area contributed by atoms with E-state index >= 15 is 0 Å². The van der Waals surface area contributed by atoms with Gasteiger partial charge in [-0.15, -0.1) is 0 Å². The van der Waals surface area contributed by atoms with Gasteiger partial charge in [-0.25, -0.2) is 0 Å². The highest BCUT2D eigenvalue weighted by Crippen LogP contribution is 2.16. The van der Waals surface area contributed by atoms with Crippen LogP contribution in [0.5, 0.6) is 0 Å². The molecule has 2 heterocycles. The van der Waals surface area contributed by atoms with Gasteiger partial charge in [-0.3, -0.25) is 14.6 Å². The maximum absolute atomic E-state index is 12.1. The number of hydrogen-bond acceptors (Lipinski definition) is 6. The molecule has 0 aliphatic carbocycles. The molecule has 0 saturated carbocycles. The molecule has 0 bridgehead atoms. The minimum Gasteiger partial charge on any atom is -0.345 e. The summed E-state index contributed by atoms with van der Waals surface area (Å²) in [5, 5.41) is 9.35. The number of para-hydroxylation sites is 1. The molecule has 1 atom stereocenters. The van der Waals surface area contributed by atoms with Crippen LogP contribution in [0, 0.1) is 0 Å². The van der Waals surface area contributed by atoms with Crippen LogP contribution in [0.1, 0.15) is 31.7 Å². The third-order valence-corrected chi connectivity index (χ3v) is 3.72. The molecule has 2 amide bonds. The number of nitrogens with one attached hydrogen (secondary N) is 2. The molecule has 0 aliphatic heterocycles. The Morgan fingerprint density at radius 3 is 2.52 bits per heavy atom. The Labute approximate surface area is 156 Å². The maximum Gasteiger partial charge on any atom is 0.249 e. The van der Waals surface area contributed by atoms with Crippen LogP contribution in [-0.2, 0) is 9.59 Å². The quantitative estimate of drug-likeness (QED) is 0.666. The highest BCUT2D eigenvalue weighted by atomic mass is 16.5. The van der Waals surface area contributed by atoms with Crippen molar-refractivity contribution >= 4 is 17.5 Å². The van der Waals surface area contributed by atoms with Gasteiger partial charge < -0.3 is 15.2 Å². The summed E-state index contributed by atoms with van der Waals surface area (Å²) in [6, 6.07) is 14.0. The number of aromatic nitrogens is 3. The lowest BCUT2D eigenvalue weighted by atomic mass is 10.2. The predicted molar refractivity (Wildman–Crippen MR) is 98.4 cm³/mol. The highest BCUT2D eigenvalue weighted by Gasteiger charge is 2.18. The van der Waals surface area contributed by atoms with Crippen molar-refractivity contribution in [3.05, 3.63) is 60.6 Å². The van der Waals surface area contributed by atoms with Gasteiger partial charge in [-0.2, -0.15) is 4.98 Å². The van der Waals surface area contributed by atoms with Crippen molar-refractivity contribution in [2.75, 3.05) is 5.32 Å². The first-order chi connectivity index (χ1) is 13.1. The molecular formula is C19H19N5O3. The fourth-order valence-corrected chi connectivity index (χ4v) is 2.36. The average Bonchev–Trinajstić information content (AvgIpc) is 3.18. The number of rotatable bonds is 7. The van der Waals surface area contributed by atoms with Crippen LogP contribution in [0.2, 0.25) is 0 Å². The molecule has 27 heavy (non-hydrogen) atoms. The minimum atomic E-state index is -0.473. The van der Waals surface area contributed by atoms with Crippen LogP contribution in [0.15, 0.2) is 59.3 Å². The molecular weight excluding hydrogens is 346 g/mol. The van der Waals surface area contributed by atoms with Gasteiger partial charge in [0.15, 0.2) is 0 Å². The normalized spacial score (nSPS) is 11.6. The molecule has 0 unspecified atom stereocenters. The molecule has 3 rings (SSSR count). The van der Waals surface area contributed by atoms with E-state index in [1.807, 2.05) is 24.3 Å². The average molecular weight is 365 g/mol. The molecule has 2 N–H and O–H groups in total. The van der Waals surface area contributed by atoms with Crippen molar-refractivity contribution in [3.63, 3.8) is 0 Å². The van der Waals surface area contributed by atoms with Gasteiger partial charge in [0.2, 0.25) is 23.5 Å². The second-order valence-electron chi connectivity index (χ2n) is 5.87. The second-order valence-corrected chi connectivity index (χ2v) is 5.87. The van der Waals surface area contributed by atoms with Gasteiger partial charge in [0.25, 0.3) is 0 Å². The zero-order valence-corrected chi connectivity index (χ0v) is 14.8. The van der Waals surface area contributed by atoms with E-state index in [-0.39, 0.29) is 30.5 Å². The van der Waals surface area contributed by atoms with Crippen LogP contribution in [0.4, 0.5) is 5.69 Å². The third-order valence-electron chi connectivity index (χ3n) is 3.72. The summed E-state index contributed by atoms with van der Waals surface area (Å²) in [5.74, 6) is 0.134. The van der Waals surface area contributed by atoms with Crippen molar-refractivity contribution < 1.29 is 14.1 Å². The molecule has 8 nitrogen and oxygen atoms in total. The topological polar surface area (TPSA) is 110 Å². The zero-order chi connectivity index (χ0) is 19.1. The monoisotopic (exact) mass is 365 g/mol. The number of amides is 2. The first-order valence-corrected chi connectivity index (χ1v) is 8.51. The number of hydrogen-bond donors (Lipinski definition) is 2. The molecule has 0 radical (unpaired) electrons. The molecule has 3 aromatic rings. The molecule has 0 fully saturated rings. The van der Waals surface area contributed by atoms with Gasteiger partial charge >= 0.3 is 0 Å². The fraction of sp³-hybridized carbons (Fsp3) is 0.211. The SMILES string of the molecule is C[C@@H](NC(=O)CCC(=O)Nc1ccccc1)c1nc(-c2ccccn2)no1. The Morgan fingerprint density at radius 1 is 1.04 bits per heavy atom. The Kier molecular flexibility index (Phi) is 5.88. The number of pyridine rings is 1. The zero-order valence-electron chi connectivity index (χ0n) is 14.8. The van der Waals surface area contributed by atoms with Crippen LogP contribution >= 0.6 is 0 Å². The Balaban J connectivity index is 1.48. The summed E-state index contributed by atoms with van der Waals surface area (Å²) in [4.78, 5) is 32.4. The highest BCUT2D eigenvalue weighted by molar-refractivity contribution is 5.93. The van der Waals surface area contributed by atoms with Crippen molar-refractivity contribution in [3.8, 4) is 11.5 Å². The summed E-state index contributed by atoms with van der Waals surface area (Å²) in [6.07, 6.45) is 1.78. The van der Waals surface area contributed by atoms with Gasteiger partial charge in [-0.1, -0.05) is 29.4 Å². The Hall–Kier alpha value is -3.55. The van der Waals surface area contributed by atoms with E-state index in [2.05, 4.69) is 25.8 Å². The molecule has 2 aromatic heterocycles. The summed E-state index contributed by atoms with van der Waals surface area (Å²) in [6.45, 7) is 1.73. The first-order valence-electron chi connectivity index (χ1n) is 8.51. The molecule has 0 saturated heterocycles. The number of carbonyl (C=O) groups excluding carboxylic acids is 2. The number of carbonyl (C=O) groups is 2. The van der Waals surface area contributed by atoms with Gasteiger partial charge in [0, 0.05) is 24.7 Å². The van der Waals surface area contributed by atoms with Crippen molar-refractivity contribution in [1.29, 1.82) is 0 Å². The summed E-state index contributed by atoms with van der Waals surface area (Å²) >= 11 is 0. The minimum absolute atomic E-state index is 0.0598. The van der Waals surface area contributed by atoms with Crippen LogP contribution in [0.25, 0.3) is 11.5 Å². The van der Waals surface area contributed by atoms with Crippen LogP contribution in [-0.4, -0.2) is 26.9 Å². The van der Waals surface area contributed by atoms with E-state index in [0.29, 0.717) is 17.2 Å². The first kappa shape index (κ1) is 18.2. The standard InChI is InChI=1S/C19H19N5O3/c1-13(19-23-18(24-27-19)15-9-5-6-12-20-15)21-16(25)10-11-17(26)22-14-7-3-2-4-8-14/h2-9,12-13H,10-11H2,1H3,(H,21,25)(H,22,26)/t13-/m1/s1. The largest absolute Gasteiger partial charge is 0.345 e. The molecule has 0 aliphatic rings. The molecule has 1 aromatic carbocycles. The van der Waals surface area contributed by atoms with Crippen molar-refractivity contribution in [2.24, 2.45) is 0 Å². The van der Waals surface area contributed by atoms with E-state index in [1.165, 1.54) is 0 Å². The Bertz CT molecular complexity index is 896. The van der Waals surface area contributed by atoms with Crippen molar-refractivity contribution in [1.82, 2.24) is 20.4 Å². The summed E-state index contributed by atoms with van der Waals surface area (Å²) in [7, 11) is 0. The maximum atomic E-state index is 12.1. The number of nitrogens with zero attached hydrogens (tertiary/aromatic N) is 3. The molecule has 138 valence electrons. The summed E-state index contributed by atoms with van der Waals surface area (Å²) in [5.41, 5.74) is 1.28. The molecule has 8 heteroatoms. The van der Waals surface area contributed by atoms with Gasteiger partial charge in [0.1, 0.15) is 11.7 Å². The van der Waals surface area contributed by atoms with Gasteiger partial charge in [0.05, 0.1) is 0 Å². The summed E-state index contributed by atoms with van der Waals surface area (Å²) < 4.78 is 5.19.